The molecule has 0 bridgehead atoms. The van der Waals surface area contributed by atoms with Gasteiger partial charge in [0.25, 0.3) is 0 Å². The first kappa shape index (κ1) is 13.6. The van der Waals surface area contributed by atoms with Gasteiger partial charge in [-0.3, -0.25) is 0 Å². The van der Waals surface area contributed by atoms with Gasteiger partial charge in [0, 0.05) is 6.54 Å². The summed E-state index contributed by atoms with van der Waals surface area (Å²) >= 11 is 3.30. The van der Waals surface area contributed by atoms with Crippen molar-refractivity contribution in [3.8, 4) is 0 Å². The highest BCUT2D eigenvalue weighted by atomic mass is 79.9. The molecule has 2 atom stereocenters. The Morgan fingerprint density at radius 3 is 2.74 bits per heavy atom. The standard InChI is InChI=1S/C16H21BrFN/c1-2-19-10-16(8-12-6-13(12)9-16)7-11-3-4-15(18)14(17)5-11/h3-5,12-13,19H,2,6-10H2,1H3. The summed E-state index contributed by atoms with van der Waals surface area (Å²) in [5.74, 6) is 1.78. The number of nitrogens with one attached hydrogen (secondary N) is 1. The normalized spacial score (nSPS) is 32.4. The molecule has 2 unspecified atom stereocenters. The van der Waals surface area contributed by atoms with Crippen molar-refractivity contribution in [3.05, 3.63) is 34.1 Å². The summed E-state index contributed by atoms with van der Waals surface area (Å²) in [7, 11) is 0. The van der Waals surface area contributed by atoms with E-state index >= 15 is 0 Å². The lowest BCUT2D eigenvalue weighted by atomic mass is 9.77. The van der Waals surface area contributed by atoms with E-state index in [0.717, 1.165) is 31.3 Å². The lowest BCUT2D eigenvalue weighted by molar-refractivity contribution is 0.250. The van der Waals surface area contributed by atoms with Crippen LogP contribution >= 0.6 is 15.9 Å². The van der Waals surface area contributed by atoms with Crippen molar-refractivity contribution >= 4 is 15.9 Å². The van der Waals surface area contributed by atoms with Gasteiger partial charge >= 0.3 is 0 Å². The monoisotopic (exact) mass is 325 g/mol. The van der Waals surface area contributed by atoms with Crippen LogP contribution in [0.1, 0.15) is 31.7 Å². The van der Waals surface area contributed by atoms with Crippen molar-refractivity contribution < 1.29 is 4.39 Å². The Labute approximate surface area is 123 Å². The van der Waals surface area contributed by atoms with E-state index in [9.17, 15) is 4.39 Å². The van der Waals surface area contributed by atoms with Crippen LogP contribution in [-0.2, 0) is 6.42 Å². The minimum absolute atomic E-state index is 0.168. The molecule has 0 amide bonds. The minimum atomic E-state index is -0.168. The van der Waals surface area contributed by atoms with Gasteiger partial charge in [0.1, 0.15) is 5.82 Å². The highest BCUT2D eigenvalue weighted by molar-refractivity contribution is 9.10. The predicted octanol–water partition coefficient (Wildman–Crippen LogP) is 4.16. The van der Waals surface area contributed by atoms with Gasteiger partial charge < -0.3 is 5.32 Å². The van der Waals surface area contributed by atoms with Crippen molar-refractivity contribution in [2.75, 3.05) is 13.1 Å². The van der Waals surface area contributed by atoms with E-state index in [-0.39, 0.29) is 5.82 Å². The molecule has 2 aliphatic carbocycles. The summed E-state index contributed by atoms with van der Waals surface area (Å²) in [6.45, 7) is 4.30. The molecule has 2 fully saturated rings. The van der Waals surface area contributed by atoms with Crippen LogP contribution < -0.4 is 5.32 Å². The number of rotatable bonds is 5. The molecular formula is C16H21BrFN. The molecule has 1 N–H and O–H groups in total. The van der Waals surface area contributed by atoms with Gasteiger partial charge in [-0.2, -0.15) is 0 Å². The van der Waals surface area contributed by atoms with E-state index in [1.165, 1.54) is 24.8 Å². The van der Waals surface area contributed by atoms with Crippen LogP contribution in [0, 0.1) is 23.1 Å². The maximum absolute atomic E-state index is 13.3. The summed E-state index contributed by atoms with van der Waals surface area (Å²) in [5, 5.41) is 3.53. The Kier molecular flexibility index (Phi) is 3.69. The predicted molar refractivity (Wildman–Crippen MR) is 79.6 cm³/mol. The highest BCUT2D eigenvalue weighted by Crippen LogP contribution is 2.60. The molecule has 3 heteroatoms. The van der Waals surface area contributed by atoms with Gasteiger partial charge in [0.05, 0.1) is 4.47 Å². The number of benzene rings is 1. The van der Waals surface area contributed by atoms with E-state index in [2.05, 4.69) is 28.2 Å². The second-order valence-corrected chi connectivity index (χ2v) is 7.22. The SMILES string of the molecule is CCNCC1(Cc2ccc(F)c(Br)c2)CC2CC2C1. The molecule has 0 heterocycles. The second kappa shape index (κ2) is 5.17. The highest BCUT2D eigenvalue weighted by Gasteiger charge is 2.53. The molecule has 2 saturated carbocycles. The summed E-state index contributed by atoms with van der Waals surface area (Å²) in [6, 6.07) is 5.47. The lowest BCUT2D eigenvalue weighted by Crippen LogP contribution is -2.35. The fourth-order valence-electron chi connectivity index (χ4n) is 3.83. The lowest BCUT2D eigenvalue weighted by Gasteiger charge is -2.31. The summed E-state index contributed by atoms with van der Waals surface area (Å²) in [6.07, 6.45) is 5.21. The summed E-state index contributed by atoms with van der Waals surface area (Å²) in [4.78, 5) is 0. The summed E-state index contributed by atoms with van der Waals surface area (Å²) in [5.41, 5.74) is 1.66. The minimum Gasteiger partial charge on any atom is -0.316 e. The zero-order chi connectivity index (χ0) is 13.5. The molecule has 19 heavy (non-hydrogen) atoms. The Bertz CT molecular complexity index is 464. The van der Waals surface area contributed by atoms with Gasteiger partial charge in [0.2, 0.25) is 0 Å². The molecular weight excluding hydrogens is 305 g/mol. The molecule has 0 spiro atoms. The first-order valence-electron chi connectivity index (χ1n) is 7.26. The van der Waals surface area contributed by atoms with Crippen LogP contribution in [0.3, 0.4) is 0 Å². The van der Waals surface area contributed by atoms with Crippen LogP contribution in [0.4, 0.5) is 4.39 Å². The third-order valence-corrected chi connectivity index (χ3v) is 5.38. The van der Waals surface area contributed by atoms with Crippen molar-refractivity contribution in [1.82, 2.24) is 5.32 Å². The Balaban J connectivity index is 1.75. The van der Waals surface area contributed by atoms with Crippen molar-refractivity contribution in [2.24, 2.45) is 17.3 Å². The quantitative estimate of drug-likeness (QED) is 0.857. The van der Waals surface area contributed by atoms with Crippen molar-refractivity contribution in [3.63, 3.8) is 0 Å². The third-order valence-electron chi connectivity index (χ3n) is 4.77. The van der Waals surface area contributed by atoms with Gasteiger partial charge in [-0.25, -0.2) is 4.39 Å². The van der Waals surface area contributed by atoms with E-state index < -0.39 is 0 Å². The molecule has 3 rings (SSSR count). The first-order chi connectivity index (χ1) is 9.12. The molecule has 1 aromatic carbocycles. The maximum atomic E-state index is 13.3. The van der Waals surface area contributed by atoms with Gasteiger partial charge in [-0.15, -0.1) is 0 Å². The zero-order valence-electron chi connectivity index (χ0n) is 11.4. The molecule has 0 aliphatic heterocycles. The fourth-order valence-corrected chi connectivity index (χ4v) is 4.26. The molecule has 0 aromatic heterocycles. The van der Waals surface area contributed by atoms with Crippen LogP contribution in [-0.4, -0.2) is 13.1 Å². The van der Waals surface area contributed by atoms with Gasteiger partial charge in [-0.05, 0) is 83.1 Å². The van der Waals surface area contributed by atoms with Crippen LogP contribution in [0.25, 0.3) is 0 Å². The molecule has 104 valence electrons. The van der Waals surface area contributed by atoms with E-state index in [0.29, 0.717) is 9.89 Å². The largest absolute Gasteiger partial charge is 0.316 e. The molecule has 0 saturated heterocycles. The van der Waals surface area contributed by atoms with Crippen molar-refractivity contribution in [2.45, 2.75) is 32.6 Å². The smallest absolute Gasteiger partial charge is 0.137 e. The first-order valence-corrected chi connectivity index (χ1v) is 8.06. The summed E-state index contributed by atoms with van der Waals surface area (Å²) < 4.78 is 13.9. The molecule has 2 aliphatic rings. The average molecular weight is 326 g/mol. The average Bonchev–Trinajstić information content (AvgIpc) is 3.00. The van der Waals surface area contributed by atoms with Gasteiger partial charge in [-0.1, -0.05) is 13.0 Å². The Morgan fingerprint density at radius 2 is 2.11 bits per heavy atom. The maximum Gasteiger partial charge on any atom is 0.137 e. The Morgan fingerprint density at radius 1 is 1.37 bits per heavy atom. The third kappa shape index (κ3) is 2.87. The van der Waals surface area contributed by atoms with E-state index in [4.69, 9.17) is 0 Å². The number of fused-ring (bicyclic) bond motifs is 1. The van der Waals surface area contributed by atoms with Crippen LogP contribution in [0.2, 0.25) is 0 Å². The molecule has 1 aromatic rings. The van der Waals surface area contributed by atoms with E-state index in [1.807, 2.05) is 12.1 Å². The van der Waals surface area contributed by atoms with E-state index in [1.54, 1.807) is 6.07 Å². The van der Waals surface area contributed by atoms with Crippen molar-refractivity contribution in [1.29, 1.82) is 0 Å². The molecule has 1 nitrogen and oxygen atoms in total. The number of halogens is 2. The number of hydrogen-bond donors (Lipinski definition) is 1. The number of hydrogen-bond acceptors (Lipinski definition) is 1. The zero-order valence-corrected chi connectivity index (χ0v) is 13.0. The van der Waals surface area contributed by atoms with Crippen LogP contribution in [0.15, 0.2) is 22.7 Å². The van der Waals surface area contributed by atoms with Gasteiger partial charge in [0.15, 0.2) is 0 Å². The fraction of sp³-hybridized carbons (Fsp3) is 0.625. The molecule has 0 radical (unpaired) electrons. The topological polar surface area (TPSA) is 12.0 Å². The second-order valence-electron chi connectivity index (χ2n) is 6.37. The van der Waals surface area contributed by atoms with Crippen LogP contribution in [0.5, 0.6) is 0 Å². The Hall–Kier alpha value is -0.410.